The number of alkyl halides is 3. The highest BCUT2D eigenvalue weighted by molar-refractivity contribution is 5.78. The molecule has 0 aliphatic rings. The summed E-state index contributed by atoms with van der Waals surface area (Å²) in [5, 5.41) is 9.91. The first kappa shape index (κ1) is 20.2. The zero-order chi connectivity index (χ0) is 18.5. The van der Waals surface area contributed by atoms with Crippen LogP contribution in [0.5, 0.6) is 5.75 Å². The topological polar surface area (TPSA) is 75.8 Å². The normalized spacial score (nSPS) is 15.5. The van der Waals surface area contributed by atoms with E-state index < -0.39 is 23.8 Å². The molecule has 1 rings (SSSR count). The molecule has 0 aliphatic carbocycles. The fourth-order valence-corrected chi connectivity index (χ4v) is 2.04. The van der Waals surface area contributed by atoms with Gasteiger partial charge in [-0.15, -0.1) is 0 Å². The number of benzene rings is 1. The lowest BCUT2D eigenvalue weighted by atomic mass is 10.0. The highest BCUT2D eigenvalue weighted by Gasteiger charge is 2.34. The summed E-state index contributed by atoms with van der Waals surface area (Å²) in [5.41, 5.74) is 4.75. The number of hydrogen-bond acceptors (Lipinski definition) is 4. The summed E-state index contributed by atoms with van der Waals surface area (Å²) < 4.78 is 43.6. The molecule has 1 aromatic carbocycles. The first-order valence-electron chi connectivity index (χ1n) is 7.51. The van der Waals surface area contributed by atoms with E-state index in [1.807, 2.05) is 0 Å². The van der Waals surface area contributed by atoms with Crippen LogP contribution in [0.25, 0.3) is 0 Å². The van der Waals surface area contributed by atoms with Crippen molar-refractivity contribution in [2.24, 2.45) is 11.7 Å². The smallest absolute Gasteiger partial charge is 0.419 e. The van der Waals surface area contributed by atoms with Gasteiger partial charge in [0.1, 0.15) is 18.5 Å². The number of amides is 1. The van der Waals surface area contributed by atoms with Gasteiger partial charge in [0, 0.05) is 19.6 Å². The molecular weight excluding hydrogens is 325 g/mol. The molecule has 0 heterocycles. The number of aliphatic hydroxyl groups excluding tert-OH is 1. The van der Waals surface area contributed by atoms with Gasteiger partial charge in [-0.25, -0.2) is 0 Å². The summed E-state index contributed by atoms with van der Waals surface area (Å²) in [7, 11) is 1.49. The predicted molar refractivity (Wildman–Crippen MR) is 83.4 cm³/mol. The number of carbonyl (C=O) groups is 1. The van der Waals surface area contributed by atoms with Crippen molar-refractivity contribution in [1.82, 2.24) is 4.90 Å². The van der Waals surface area contributed by atoms with Crippen molar-refractivity contribution in [3.63, 3.8) is 0 Å². The lowest BCUT2D eigenvalue weighted by Gasteiger charge is -2.25. The highest BCUT2D eigenvalue weighted by Crippen LogP contribution is 2.35. The summed E-state index contributed by atoms with van der Waals surface area (Å²) in [6, 6.07) is 4.42. The number of rotatable bonds is 7. The lowest BCUT2D eigenvalue weighted by molar-refractivity contribution is -0.139. The van der Waals surface area contributed by atoms with Crippen LogP contribution in [0.1, 0.15) is 19.4 Å². The minimum atomic E-state index is -4.54. The number of para-hydroxylation sites is 1. The number of nitrogens with two attached hydrogens (primary N) is 1. The van der Waals surface area contributed by atoms with Crippen LogP contribution in [0.15, 0.2) is 24.3 Å². The second kappa shape index (κ2) is 8.34. The van der Waals surface area contributed by atoms with Gasteiger partial charge in [-0.3, -0.25) is 4.79 Å². The molecule has 0 fully saturated rings. The van der Waals surface area contributed by atoms with E-state index in [0.29, 0.717) is 0 Å². The number of hydrogen-bond donors (Lipinski definition) is 2. The molecule has 3 N–H and O–H groups in total. The van der Waals surface area contributed by atoms with Crippen molar-refractivity contribution in [3.8, 4) is 5.75 Å². The van der Waals surface area contributed by atoms with Crippen LogP contribution in [0, 0.1) is 5.92 Å². The van der Waals surface area contributed by atoms with Crippen molar-refractivity contribution in [2.75, 3.05) is 20.2 Å². The number of halogens is 3. The minimum absolute atomic E-state index is 0.0654. The van der Waals surface area contributed by atoms with Gasteiger partial charge >= 0.3 is 6.18 Å². The van der Waals surface area contributed by atoms with E-state index in [1.54, 1.807) is 13.8 Å². The molecule has 1 amide bonds. The van der Waals surface area contributed by atoms with Gasteiger partial charge in [-0.05, 0) is 19.1 Å². The highest BCUT2D eigenvalue weighted by atomic mass is 19.4. The molecule has 24 heavy (non-hydrogen) atoms. The molecule has 3 unspecified atom stereocenters. The summed E-state index contributed by atoms with van der Waals surface area (Å²) in [6.45, 7) is 2.94. The molecule has 3 atom stereocenters. The third-order valence-electron chi connectivity index (χ3n) is 3.66. The van der Waals surface area contributed by atoms with Crippen LogP contribution >= 0.6 is 0 Å². The van der Waals surface area contributed by atoms with Gasteiger partial charge in [-0.2, -0.15) is 13.2 Å². The third kappa shape index (κ3) is 5.68. The van der Waals surface area contributed by atoms with Gasteiger partial charge in [-0.1, -0.05) is 19.1 Å². The summed E-state index contributed by atoms with van der Waals surface area (Å²) in [5.74, 6) is -1.03. The quantitative estimate of drug-likeness (QED) is 0.789. The average molecular weight is 348 g/mol. The number of ether oxygens (including phenoxy) is 1. The Morgan fingerprint density at radius 2 is 1.92 bits per heavy atom. The SMILES string of the molecule is CC(N)C(C)C(=O)N(C)CC(O)COc1ccccc1C(F)(F)F. The van der Waals surface area contributed by atoms with E-state index in [0.717, 1.165) is 6.07 Å². The summed E-state index contributed by atoms with van der Waals surface area (Å²) >= 11 is 0. The monoisotopic (exact) mass is 348 g/mol. The Labute approximate surface area is 139 Å². The molecule has 0 radical (unpaired) electrons. The lowest BCUT2D eigenvalue weighted by Crippen LogP contribution is -2.43. The molecular formula is C16H23F3N2O3. The Balaban J connectivity index is 2.62. The molecule has 0 spiro atoms. The summed E-state index contributed by atoms with van der Waals surface area (Å²) in [4.78, 5) is 13.3. The second-order valence-electron chi connectivity index (χ2n) is 5.83. The van der Waals surface area contributed by atoms with Crippen LogP contribution in [0.2, 0.25) is 0 Å². The Kier molecular flexibility index (Phi) is 7.04. The van der Waals surface area contributed by atoms with Gasteiger partial charge in [0.2, 0.25) is 5.91 Å². The first-order valence-corrected chi connectivity index (χ1v) is 7.51. The van der Waals surface area contributed by atoms with E-state index in [2.05, 4.69) is 0 Å². The predicted octanol–water partition coefficient (Wildman–Crippen LogP) is 1.89. The standard InChI is InChI=1S/C16H23F3N2O3/c1-10(11(2)20)15(23)21(3)8-12(22)9-24-14-7-5-4-6-13(14)16(17,18)19/h4-7,10-12,22H,8-9,20H2,1-3H3. The van der Waals surface area contributed by atoms with E-state index >= 15 is 0 Å². The largest absolute Gasteiger partial charge is 0.490 e. The van der Waals surface area contributed by atoms with E-state index in [1.165, 1.54) is 30.1 Å². The third-order valence-corrected chi connectivity index (χ3v) is 3.66. The Morgan fingerprint density at radius 1 is 1.33 bits per heavy atom. The Morgan fingerprint density at radius 3 is 2.46 bits per heavy atom. The van der Waals surface area contributed by atoms with Gasteiger partial charge in [0.05, 0.1) is 11.5 Å². The molecule has 1 aromatic rings. The molecule has 0 bridgehead atoms. The number of likely N-dealkylation sites (N-methyl/N-ethyl adjacent to an activating group) is 1. The minimum Gasteiger partial charge on any atom is -0.490 e. The number of nitrogens with zero attached hydrogens (tertiary/aromatic N) is 1. The first-order chi connectivity index (χ1) is 11.0. The maximum Gasteiger partial charge on any atom is 0.419 e. The van der Waals surface area contributed by atoms with Gasteiger partial charge in [0.15, 0.2) is 0 Å². The zero-order valence-electron chi connectivity index (χ0n) is 13.9. The van der Waals surface area contributed by atoms with Crippen molar-refractivity contribution in [2.45, 2.75) is 32.2 Å². The van der Waals surface area contributed by atoms with E-state index in [9.17, 15) is 23.1 Å². The van der Waals surface area contributed by atoms with Crippen LogP contribution in [-0.2, 0) is 11.0 Å². The van der Waals surface area contributed by atoms with Crippen LogP contribution in [-0.4, -0.2) is 48.3 Å². The van der Waals surface area contributed by atoms with Gasteiger partial charge in [0.25, 0.3) is 0 Å². The van der Waals surface area contributed by atoms with Crippen LogP contribution in [0.3, 0.4) is 0 Å². The molecule has 0 saturated carbocycles. The van der Waals surface area contributed by atoms with Crippen molar-refractivity contribution < 1.29 is 27.8 Å². The van der Waals surface area contributed by atoms with E-state index in [4.69, 9.17) is 10.5 Å². The van der Waals surface area contributed by atoms with Crippen molar-refractivity contribution in [1.29, 1.82) is 0 Å². The number of aliphatic hydroxyl groups is 1. The van der Waals surface area contributed by atoms with Crippen LogP contribution < -0.4 is 10.5 Å². The van der Waals surface area contributed by atoms with E-state index in [-0.39, 0.29) is 30.9 Å². The molecule has 136 valence electrons. The fraction of sp³-hybridized carbons (Fsp3) is 0.562. The Bertz CT molecular complexity index is 550. The maximum atomic E-state index is 12.8. The van der Waals surface area contributed by atoms with Crippen molar-refractivity contribution >= 4 is 5.91 Å². The fourth-order valence-electron chi connectivity index (χ4n) is 2.04. The molecule has 0 saturated heterocycles. The Hall–Kier alpha value is -1.80. The summed E-state index contributed by atoms with van der Waals surface area (Å²) in [6.07, 6.45) is -5.67. The molecule has 0 aromatic heterocycles. The molecule has 8 heteroatoms. The maximum absolute atomic E-state index is 12.8. The number of carbonyl (C=O) groups excluding carboxylic acids is 1. The van der Waals surface area contributed by atoms with Crippen LogP contribution in [0.4, 0.5) is 13.2 Å². The molecule has 5 nitrogen and oxygen atoms in total. The zero-order valence-corrected chi connectivity index (χ0v) is 13.9. The van der Waals surface area contributed by atoms with Crippen molar-refractivity contribution in [3.05, 3.63) is 29.8 Å². The second-order valence-corrected chi connectivity index (χ2v) is 5.83. The van der Waals surface area contributed by atoms with Gasteiger partial charge < -0.3 is 20.5 Å². The molecule has 0 aliphatic heterocycles. The average Bonchev–Trinajstić information content (AvgIpc) is 2.50.